The quantitative estimate of drug-likeness (QED) is 0.760. The van der Waals surface area contributed by atoms with Crippen molar-refractivity contribution in [3.05, 3.63) is 28.8 Å². The molecule has 0 heterocycles. The van der Waals surface area contributed by atoms with Crippen LogP contribution >= 0.6 is 11.6 Å². The van der Waals surface area contributed by atoms with Crippen LogP contribution in [0.3, 0.4) is 0 Å². The summed E-state index contributed by atoms with van der Waals surface area (Å²) >= 11 is 6.12. The van der Waals surface area contributed by atoms with Gasteiger partial charge in [-0.2, -0.15) is 0 Å². The first-order chi connectivity index (χ1) is 9.99. The maximum Gasteiger partial charge on any atom is 0.120 e. The van der Waals surface area contributed by atoms with Crippen LogP contribution < -0.4 is 0 Å². The molecule has 1 fully saturated rings. The number of phenolic OH excluding ortho intramolecular Hbond substituents is 1. The van der Waals surface area contributed by atoms with Gasteiger partial charge in [0.2, 0.25) is 0 Å². The molecule has 0 aliphatic heterocycles. The Morgan fingerprint density at radius 2 is 1.90 bits per heavy atom. The minimum atomic E-state index is 0.213. The highest BCUT2D eigenvalue weighted by Crippen LogP contribution is 2.36. The van der Waals surface area contributed by atoms with Gasteiger partial charge in [-0.3, -0.25) is 4.90 Å². The van der Waals surface area contributed by atoms with Gasteiger partial charge in [0, 0.05) is 22.7 Å². The monoisotopic (exact) mass is 309 g/mol. The van der Waals surface area contributed by atoms with Crippen LogP contribution in [0.15, 0.2) is 18.2 Å². The topological polar surface area (TPSA) is 23.5 Å². The Morgan fingerprint density at radius 3 is 2.52 bits per heavy atom. The number of rotatable bonds is 6. The normalized spacial score (nSPS) is 17.8. The molecule has 1 aliphatic rings. The molecule has 0 spiro atoms. The van der Waals surface area contributed by atoms with Gasteiger partial charge in [-0.05, 0) is 56.8 Å². The third-order valence-corrected chi connectivity index (χ3v) is 4.93. The second-order valence-corrected chi connectivity index (χ2v) is 7.17. The van der Waals surface area contributed by atoms with Crippen molar-refractivity contribution in [3.8, 4) is 5.75 Å². The van der Waals surface area contributed by atoms with Crippen molar-refractivity contribution in [1.29, 1.82) is 0 Å². The van der Waals surface area contributed by atoms with Crippen LogP contribution in [0.1, 0.15) is 64.5 Å². The fourth-order valence-corrected chi connectivity index (χ4v) is 3.55. The standard InChI is InChI=1S/C18H28ClNO/c1-13(2)10-11-20(16-6-4-5-7-16)14(3)17-12-15(19)8-9-18(17)21/h8-9,12-14,16,21H,4-7,10-11H2,1-3H3. The molecule has 1 N–H and O–H groups in total. The average molecular weight is 310 g/mol. The highest BCUT2D eigenvalue weighted by molar-refractivity contribution is 6.30. The maximum absolute atomic E-state index is 10.2. The molecule has 0 aromatic heterocycles. The Morgan fingerprint density at radius 1 is 1.24 bits per heavy atom. The van der Waals surface area contributed by atoms with E-state index in [1.807, 2.05) is 6.07 Å². The summed E-state index contributed by atoms with van der Waals surface area (Å²) in [6.45, 7) is 7.84. The lowest BCUT2D eigenvalue weighted by molar-refractivity contribution is 0.135. The molecule has 2 rings (SSSR count). The van der Waals surface area contributed by atoms with Gasteiger partial charge in [0.05, 0.1) is 0 Å². The molecule has 118 valence electrons. The molecule has 1 aromatic carbocycles. The first-order valence-electron chi connectivity index (χ1n) is 8.23. The van der Waals surface area contributed by atoms with Crippen molar-refractivity contribution in [2.75, 3.05) is 6.54 Å². The maximum atomic E-state index is 10.2. The van der Waals surface area contributed by atoms with E-state index in [1.54, 1.807) is 12.1 Å². The molecule has 1 unspecified atom stereocenters. The summed E-state index contributed by atoms with van der Waals surface area (Å²) in [4.78, 5) is 2.58. The molecule has 1 aromatic rings. The smallest absolute Gasteiger partial charge is 0.120 e. The second kappa shape index (κ2) is 7.51. The number of phenols is 1. The minimum Gasteiger partial charge on any atom is -0.508 e. The molecular formula is C18H28ClNO. The number of hydrogen-bond donors (Lipinski definition) is 1. The van der Waals surface area contributed by atoms with Crippen LogP contribution in [0.2, 0.25) is 5.02 Å². The van der Waals surface area contributed by atoms with Gasteiger partial charge in [0.25, 0.3) is 0 Å². The minimum absolute atomic E-state index is 0.213. The Balaban J connectivity index is 2.19. The van der Waals surface area contributed by atoms with Gasteiger partial charge in [0.15, 0.2) is 0 Å². The van der Waals surface area contributed by atoms with Crippen molar-refractivity contribution in [2.45, 2.75) is 65.0 Å². The Bertz CT molecular complexity index is 455. The van der Waals surface area contributed by atoms with E-state index in [9.17, 15) is 5.11 Å². The van der Waals surface area contributed by atoms with E-state index >= 15 is 0 Å². The van der Waals surface area contributed by atoms with Gasteiger partial charge in [-0.15, -0.1) is 0 Å². The largest absolute Gasteiger partial charge is 0.508 e. The summed E-state index contributed by atoms with van der Waals surface area (Å²) in [5.74, 6) is 1.06. The van der Waals surface area contributed by atoms with Crippen molar-refractivity contribution < 1.29 is 5.11 Å². The molecule has 21 heavy (non-hydrogen) atoms. The van der Waals surface area contributed by atoms with Crippen LogP contribution in [-0.4, -0.2) is 22.6 Å². The van der Waals surface area contributed by atoms with Crippen molar-refractivity contribution >= 4 is 11.6 Å². The van der Waals surface area contributed by atoms with Crippen molar-refractivity contribution in [2.24, 2.45) is 5.92 Å². The zero-order valence-electron chi connectivity index (χ0n) is 13.5. The van der Waals surface area contributed by atoms with Crippen molar-refractivity contribution in [1.82, 2.24) is 4.90 Å². The van der Waals surface area contributed by atoms with E-state index in [-0.39, 0.29) is 6.04 Å². The molecule has 0 bridgehead atoms. The first kappa shape index (κ1) is 16.6. The fraction of sp³-hybridized carbons (Fsp3) is 0.667. The summed E-state index contributed by atoms with van der Waals surface area (Å²) in [6, 6.07) is 6.24. The SMILES string of the molecule is CC(C)CCN(C1CCCC1)C(C)c1cc(Cl)ccc1O. The molecule has 3 heteroatoms. The Labute approximate surface area is 134 Å². The third-order valence-electron chi connectivity index (χ3n) is 4.70. The first-order valence-corrected chi connectivity index (χ1v) is 8.61. The van der Waals surface area contributed by atoms with E-state index in [4.69, 9.17) is 11.6 Å². The van der Waals surface area contributed by atoms with E-state index < -0.39 is 0 Å². The summed E-state index contributed by atoms with van der Waals surface area (Å²) in [5, 5.41) is 10.9. The molecule has 0 saturated heterocycles. The number of hydrogen-bond acceptors (Lipinski definition) is 2. The van der Waals surface area contributed by atoms with E-state index in [2.05, 4.69) is 25.7 Å². The van der Waals surface area contributed by atoms with Crippen molar-refractivity contribution in [3.63, 3.8) is 0 Å². The molecule has 0 radical (unpaired) electrons. The predicted octanol–water partition coefficient (Wildman–Crippen LogP) is 5.40. The molecule has 1 aliphatic carbocycles. The lowest BCUT2D eigenvalue weighted by Crippen LogP contribution is -2.37. The molecule has 2 nitrogen and oxygen atoms in total. The van der Waals surface area contributed by atoms with E-state index in [0.29, 0.717) is 22.7 Å². The van der Waals surface area contributed by atoms with Gasteiger partial charge in [-0.1, -0.05) is 38.3 Å². The molecule has 1 saturated carbocycles. The highest BCUT2D eigenvalue weighted by Gasteiger charge is 2.28. The molecular weight excluding hydrogens is 282 g/mol. The van der Waals surface area contributed by atoms with Gasteiger partial charge >= 0.3 is 0 Å². The number of aromatic hydroxyl groups is 1. The predicted molar refractivity (Wildman–Crippen MR) is 89.9 cm³/mol. The average Bonchev–Trinajstić information content (AvgIpc) is 2.95. The van der Waals surface area contributed by atoms with Gasteiger partial charge in [0.1, 0.15) is 5.75 Å². The van der Waals surface area contributed by atoms with Crippen LogP contribution in [-0.2, 0) is 0 Å². The summed E-state index contributed by atoms with van der Waals surface area (Å²) in [7, 11) is 0. The van der Waals surface area contributed by atoms with Crippen LogP contribution in [0, 0.1) is 5.92 Å². The zero-order chi connectivity index (χ0) is 15.4. The zero-order valence-corrected chi connectivity index (χ0v) is 14.2. The molecule has 0 amide bonds. The number of benzene rings is 1. The van der Waals surface area contributed by atoms with Crippen LogP contribution in [0.4, 0.5) is 0 Å². The van der Waals surface area contributed by atoms with E-state index in [0.717, 1.165) is 12.1 Å². The third kappa shape index (κ3) is 4.37. The second-order valence-electron chi connectivity index (χ2n) is 6.74. The van der Waals surface area contributed by atoms with Crippen LogP contribution in [0.5, 0.6) is 5.75 Å². The highest BCUT2D eigenvalue weighted by atomic mass is 35.5. The summed E-state index contributed by atoms with van der Waals surface area (Å²) in [5.41, 5.74) is 0.957. The summed E-state index contributed by atoms with van der Waals surface area (Å²) < 4.78 is 0. The Kier molecular flexibility index (Phi) is 5.95. The lowest BCUT2D eigenvalue weighted by atomic mass is 10.0. The molecule has 1 atom stereocenters. The van der Waals surface area contributed by atoms with Gasteiger partial charge in [-0.25, -0.2) is 0 Å². The number of nitrogens with zero attached hydrogens (tertiary/aromatic N) is 1. The fourth-order valence-electron chi connectivity index (χ4n) is 3.37. The Hall–Kier alpha value is -0.730. The lowest BCUT2D eigenvalue weighted by Gasteiger charge is -2.35. The number of halogens is 1. The van der Waals surface area contributed by atoms with E-state index in [1.165, 1.54) is 32.1 Å². The van der Waals surface area contributed by atoms with Gasteiger partial charge < -0.3 is 5.11 Å². The summed E-state index contributed by atoms with van der Waals surface area (Å²) in [6.07, 6.45) is 6.42. The van der Waals surface area contributed by atoms with Crippen LogP contribution in [0.25, 0.3) is 0 Å².